The van der Waals surface area contributed by atoms with Crippen LogP contribution >= 0.6 is 0 Å². The highest BCUT2D eigenvalue weighted by Gasteiger charge is 2.15. The van der Waals surface area contributed by atoms with Crippen molar-refractivity contribution in [2.24, 2.45) is 0 Å². The second-order valence-corrected chi connectivity index (χ2v) is 5.84. The fourth-order valence-electron chi connectivity index (χ4n) is 1.72. The third kappa shape index (κ3) is 2.90. The number of nitrogens with one attached hydrogen (secondary N) is 2. The van der Waals surface area contributed by atoms with Gasteiger partial charge in [0, 0.05) is 5.56 Å². The van der Waals surface area contributed by atoms with Gasteiger partial charge in [-0.3, -0.25) is 9.82 Å². The molecule has 0 saturated heterocycles. The van der Waals surface area contributed by atoms with E-state index in [4.69, 9.17) is 0 Å². The maximum atomic E-state index is 12.0. The number of rotatable bonds is 4. The van der Waals surface area contributed by atoms with Crippen molar-refractivity contribution in [3.8, 4) is 11.4 Å². The standard InChI is InChI=1S/C13H11N5O2S/c19-21(20,12-6-7-16-17-12)18-11-8-14-13(15-9-11)10-4-2-1-3-5-10/h1-9,18H,(H,16,17). The van der Waals surface area contributed by atoms with Crippen LogP contribution in [0.5, 0.6) is 0 Å². The summed E-state index contributed by atoms with van der Waals surface area (Å²) in [6, 6.07) is 10.8. The Morgan fingerprint density at radius 3 is 2.33 bits per heavy atom. The van der Waals surface area contributed by atoms with Crippen molar-refractivity contribution in [1.29, 1.82) is 0 Å². The van der Waals surface area contributed by atoms with Crippen LogP contribution in [-0.4, -0.2) is 28.6 Å². The molecule has 0 spiro atoms. The van der Waals surface area contributed by atoms with Gasteiger partial charge in [0.25, 0.3) is 10.0 Å². The average molecular weight is 301 g/mol. The molecule has 0 atom stereocenters. The van der Waals surface area contributed by atoms with Crippen molar-refractivity contribution in [3.05, 3.63) is 55.0 Å². The van der Waals surface area contributed by atoms with Crippen molar-refractivity contribution in [2.45, 2.75) is 5.03 Å². The smallest absolute Gasteiger partial charge is 0.275 e. The second kappa shape index (κ2) is 5.33. The van der Waals surface area contributed by atoms with Crippen molar-refractivity contribution < 1.29 is 8.42 Å². The van der Waals surface area contributed by atoms with Crippen molar-refractivity contribution in [3.63, 3.8) is 0 Å². The van der Waals surface area contributed by atoms with E-state index in [1.165, 1.54) is 24.7 Å². The van der Waals surface area contributed by atoms with Gasteiger partial charge in [-0.1, -0.05) is 30.3 Å². The van der Waals surface area contributed by atoms with Gasteiger partial charge in [0.1, 0.15) is 0 Å². The summed E-state index contributed by atoms with van der Waals surface area (Å²) < 4.78 is 26.3. The molecule has 106 valence electrons. The second-order valence-electron chi connectivity index (χ2n) is 4.19. The molecule has 2 N–H and O–H groups in total. The van der Waals surface area contributed by atoms with Crippen LogP contribution in [-0.2, 0) is 10.0 Å². The van der Waals surface area contributed by atoms with Crippen molar-refractivity contribution in [2.75, 3.05) is 4.72 Å². The van der Waals surface area contributed by atoms with Crippen molar-refractivity contribution >= 4 is 15.7 Å². The van der Waals surface area contributed by atoms with E-state index in [9.17, 15) is 8.42 Å². The summed E-state index contributed by atoms with van der Waals surface area (Å²) in [5.41, 5.74) is 1.14. The SMILES string of the molecule is O=S(=O)(Nc1cnc(-c2ccccc2)nc1)c1ccn[nH]1. The van der Waals surface area contributed by atoms with E-state index >= 15 is 0 Å². The summed E-state index contributed by atoms with van der Waals surface area (Å²) in [4.78, 5) is 8.30. The maximum Gasteiger partial charge on any atom is 0.278 e. The molecule has 0 bridgehead atoms. The molecule has 7 nitrogen and oxygen atoms in total. The fraction of sp³-hybridized carbons (Fsp3) is 0. The molecular formula is C13H11N5O2S. The van der Waals surface area contributed by atoms with Gasteiger partial charge in [-0.05, 0) is 6.07 Å². The third-order valence-corrected chi connectivity index (χ3v) is 4.01. The monoisotopic (exact) mass is 301 g/mol. The summed E-state index contributed by atoms with van der Waals surface area (Å²) in [6.07, 6.45) is 4.20. The lowest BCUT2D eigenvalue weighted by molar-refractivity contribution is 0.597. The number of hydrogen-bond donors (Lipinski definition) is 2. The predicted molar refractivity (Wildman–Crippen MR) is 76.9 cm³/mol. The van der Waals surface area contributed by atoms with Crippen LogP contribution in [0.1, 0.15) is 0 Å². The Morgan fingerprint density at radius 2 is 1.71 bits per heavy atom. The summed E-state index contributed by atoms with van der Waals surface area (Å²) in [6.45, 7) is 0. The van der Waals surface area contributed by atoms with Crippen LogP contribution in [0.15, 0.2) is 60.0 Å². The molecule has 0 amide bonds. The Balaban J connectivity index is 1.83. The van der Waals surface area contributed by atoms with Gasteiger partial charge in [0.05, 0.1) is 24.3 Å². The van der Waals surface area contributed by atoms with E-state index in [0.717, 1.165) is 5.56 Å². The molecule has 2 heterocycles. The van der Waals surface area contributed by atoms with Crippen LogP contribution in [0, 0.1) is 0 Å². The van der Waals surface area contributed by atoms with E-state index in [2.05, 4.69) is 24.9 Å². The number of hydrogen-bond acceptors (Lipinski definition) is 5. The lowest BCUT2D eigenvalue weighted by atomic mass is 10.2. The third-order valence-electron chi connectivity index (χ3n) is 2.70. The number of benzene rings is 1. The fourth-order valence-corrected chi connectivity index (χ4v) is 2.66. The van der Waals surface area contributed by atoms with Crippen LogP contribution in [0.3, 0.4) is 0 Å². The van der Waals surface area contributed by atoms with Gasteiger partial charge in [0.15, 0.2) is 10.9 Å². The summed E-state index contributed by atoms with van der Waals surface area (Å²) in [5, 5.41) is 5.98. The number of aromatic amines is 1. The molecule has 0 radical (unpaired) electrons. The first-order chi connectivity index (χ1) is 10.1. The van der Waals surface area contributed by atoms with Gasteiger partial charge in [-0.25, -0.2) is 9.97 Å². The maximum absolute atomic E-state index is 12.0. The molecule has 3 rings (SSSR count). The molecule has 0 aliphatic rings. The summed E-state index contributed by atoms with van der Waals surface area (Å²) >= 11 is 0. The molecule has 0 aliphatic heterocycles. The zero-order valence-corrected chi connectivity index (χ0v) is 11.6. The first kappa shape index (κ1) is 13.3. The number of aromatic nitrogens is 4. The molecule has 2 aromatic heterocycles. The predicted octanol–water partition coefficient (Wildman–Crippen LogP) is 1.67. The Morgan fingerprint density at radius 1 is 1.00 bits per heavy atom. The van der Waals surface area contributed by atoms with Crippen LogP contribution in [0.25, 0.3) is 11.4 Å². The molecule has 0 saturated carbocycles. The topological polar surface area (TPSA) is 101 Å². The molecule has 8 heteroatoms. The highest BCUT2D eigenvalue weighted by Crippen LogP contribution is 2.16. The minimum atomic E-state index is -3.70. The highest BCUT2D eigenvalue weighted by molar-refractivity contribution is 7.92. The number of anilines is 1. The molecule has 0 fully saturated rings. The normalized spacial score (nSPS) is 11.2. The highest BCUT2D eigenvalue weighted by atomic mass is 32.2. The van der Waals surface area contributed by atoms with Gasteiger partial charge >= 0.3 is 0 Å². The Kier molecular flexibility index (Phi) is 3.36. The Bertz CT molecular complexity index is 815. The lowest BCUT2D eigenvalue weighted by Crippen LogP contribution is -2.13. The first-order valence-electron chi connectivity index (χ1n) is 6.05. The molecular weight excluding hydrogens is 290 g/mol. The molecule has 21 heavy (non-hydrogen) atoms. The first-order valence-corrected chi connectivity index (χ1v) is 7.53. The Hall–Kier alpha value is -2.74. The molecule has 0 unspecified atom stereocenters. The van der Waals surface area contributed by atoms with Crippen molar-refractivity contribution in [1.82, 2.24) is 20.2 Å². The van der Waals surface area contributed by atoms with E-state index in [-0.39, 0.29) is 10.7 Å². The Labute approximate surface area is 121 Å². The summed E-state index contributed by atoms with van der Waals surface area (Å²) in [7, 11) is -3.70. The molecule has 3 aromatic rings. The lowest BCUT2D eigenvalue weighted by Gasteiger charge is -2.06. The average Bonchev–Trinajstić information content (AvgIpc) is 3.04. The number of nitrogens with zero attached hydrogens (tertiary/aromatic N) is 3. The minimum absolute atomic E-state index is 0.0189. The van der Waals surface area contributed by atoms with Gasteiger partial charge in [-0.2, -0.15) is 13.5 Å². The zero-order valence-electron chi connectivity index (χ0n) is 10.8. The van der Waals surface area contributed by atoms with Gasteiger partial charge in [0.2, 0.25) is 0 Å². The number of H-pyrrole nitrogens is 1. The van der Waals surface area contributed by atoms with Crippen LogP contribution in [0.4, 0.5) is 5.69 Å². The van der Waals surface area contributed by atoms with Crippen LogP contribution < -0.4 is 4.72 Å². The minimum Gasteiger partial charge on any atom is -0.275 e. The summed E-state index contributed by atoms with van der Waals surface area (Å²) in [5.74, 6) is 0.528. The largest absolute Gasteiger partial charge is 0.278 e. The zero-order chi connectivity index (χ0) is 14.7. The van der Waals surface area contributed by atoms with E-state index in [0.29, 0.717) is 5.82 Å². The van der Waals surface area contributed by atoms with Gasteiger partial charge < -0.3 is 0 Å². The number of sulfonamides is 1. The van der Waals surface area contributed by atoms with Gasteiger partial charge in [-0.15, -0.1) is 0 Å². The van der Waals surface area contributed by atoms with E-state index < -0.39 is 10.0 Å². The molecule has 1 aromatic carbocycles. The van der Waals surface area contributed by atoms with E-state index in [1.54, 1.807) is 0 Å². The molecule has 0 aliphatic carbocycles. The quantitative estimate of drug-likeness (QED) is 0.763. The van der Waals surface area contributed by atoms with Crippen LogP contribution in [0.2, 0.25) is 0 Å². The van der Waals surface area contributed by atoms with E-state index in [1.807, 2.05) is 30.3 Å².